The summed E-state index contributed by atoms with van der Waals surface area (Å²) in [7, 11) is 0. The van der Waals surface area contributed by atoms with Crippen LogP contribution in [0.4, 0.5) is 11.4 Å². The Morgan fingerprint density at radius 3 is 1.57 bits per heavy atom. The quantitative estimate of drug-likeness (QED) is 0.110. The Morgan fingerprint density at radius 2 is 1.09 bits per heavy atom. The lowest BCUT2D eigenvalue weighted by molar-refractivity contribution is -0.384. The van der Waals surface area contributed by atoms with Crippen LogP contribution in [-0.4, -0.2) is 36.1 Å². The number of benzene rings is 5. The van der Waals surface area contributed by atoms with Crippen molar-refractivity contribution in [1.82, 2.24) is 0 Å². The van der Waals surface area contributed by atoms with Gasteiger partial charge >= 0.3 is 0 Å². The first-order chi connectivity index (χ1) is 25.8. The van der Waals surface area contributed by atoms with Gasteiger partial charge in [-0.2, -0.15) is 0 Å². The number of ketones is 1. The van der Waals surface area contributed by atoms with E-state index in [1.54, 1.807) is 85.8 Å². The second-order valence-electron chi connectivity index (χ2n) is 13.8. The summed E-state index contributed by atoms with van der Waals surface area (Å²) >= 11 is 0. The van der Waals surface area contributed by atoms with Crippen LogP contribution in [0.5, 0.6) is 23.0 Å². The zero-order chi connectivity index (χ0) is 36.2. The average Bonchev–Trinajstić information content (AvgIpc) is 3.98. The van der Waals surface area contributed by atoms with E-state index in [0.717, 1.165) is 4.90 Å². The van der Waals surface area contributed by atoms with Gasteiger partial charge in [-0.15, -0.1) is 0 Å². The van der Waals surface area contributed by atoms with Crippen molar-refractivity contribution in [3.05, 3.63) is 153 Å². The number of ether oxygens (including phenoxy) is 4. The summed E-state index contributed by atoms with van der Waals surface area (Å²) in [4.78, 5) is 59.7. The number of hydrogen-bond donors (Lipinski definition) is 0. The molecule has 5 aromatic rings. The van der Waals surface area contributed by atoms with Crippen LogP contribution in [0.2, 0.25) is 0 Å². The van der Waals surface area contributed by atoms with Crippen molar-refractivity contribution in [2.45, 2.75) is 17.8 Å². The van der Waals surface area contributed by atoms with E-state index >= 15 is 14.4 Å². The number of rotatable bonds is 6. The van der Waals surface area contributed by atoms with Gasteiger partial charge < -0.3 is 18.9 Å². The summed E-state index contributed by atoms with van der Waals surface area (Å²) in [6.45, 7) is 1.74. The summed E-state index contributed by atoms with van der Waals surface area (Å²) < 4.78 is 23.0. The number of fused-ring (bicyclic) bond motifs is 7. The third-order valence-corrected chi connectivity index (χ3v) is 11.3. The van der Waals surface area contributed by atoms with Crippen LogP contribution >= 0.6 is 0 Å². The Morgan fingerprint density at radius 1 is 0.623 bits per heavy atom. The highest BCUT2D eigenvalue weighted by Gasteiger charge is 2.83. The average molecular weight is 705 g/mol. The molecule has 2 aliphatic carbocycles. The number of amides is 2. The lowest BCUT2D eigenvalue weighted by atomic mass is 9.59. The Bertz CT molecular complexity index is 2360. The topological polar surface area (TPSA) is 135 Å². The number of aryl methyl sites for hydroxylation is 1. The summed E-state index contributed by atoms with van der Waals surface area (Å²) in [5.41, 5.74) is -0.130. The summed E-state index contributed by atoms with van der Waals surface area (Å²) in [5, 5.41) is 12.5. The Balaban J connectivity index is 1.36. The minimum atomic E-state index is -1.73. The molecule has 0 aromatic heterocycles. The number of carbonyl (C=O) groups excluding carboxylic acids is 3. The number of imide groups is 1. The molecule has 5 aromatic carbocycles. The molecule has 4 atom stereocenters. The van der Waals surface area contributed by atoms with E-state index in [4.69, 9.17) is 18.9 Å². The van der Waals surface area contributed by atoms with Gasteiger partial charge in [-0.25, -0.2) is 4.90 Å². The monoisotopic (exact) mass is 704 g/mol. The molecule has 10 rings (SSSR count). The summed E-state index contributed by atoms with van der Waals surface area (Å²) in [6, 6.07) is 33.3. The Kier molecular flexibility index (Phi) is 6.37. The molecular formula is C42H28N2O9. The van der Waals surface area contributed by atoms with Gasteiger partial charge in [-0.05, 0) is 76.2 Å². The minimum Gasteiger partial charge on any atom is -0.454 e. The molecule has 5 aliphatic rings. The molecule has 3 aliphatic heterocycles. The van der Waals surface area contributed by atoms with Crippen LogP contribution in [0.1, 0.15) is 27.8 Å². The second kappa shape index (κ2) is 10.9. The van der Waals surface area contributed by atoms with Gasteiger partial charge in [0.25, 0.3) is 5.69 Å². The summed E-state index contributed by atoms with van der Waals surface area (Å²) in [6.07, 6.45) is 0. The molecule has 4 unspecified atom stereocenters. The maximum atomic E-state index is 16.2. The van der Waals surface area contributed by atoms with Crippen molar-refractivity contribution in [2.24, 2.45) is 11.8 Å². The van der Waals surface area contributed by atoms with Gasteiger partial charge in [0.1, 0.15) is 5.69 Å². The molecule has 1 saturated heterocycles. The van der Waals surface area contributed by atoms with Crippen molar-refractivity contribution in [2.75, 3.05) is 18.5 Å². The van der Waals surface area contributed by atoms with Gasteiger partial charge in [-0.1, -0.05) is 78.9 Å². The fourth-order valence-corrected chi connectivity index (χ4v) is 9.43. The molecule has 2 bridgehead atoms. The third kappa shape index (κ3) is 3.85. The first-order valence-electron chi connectivity index (χ1n) is 17.1. The van der Waals surface area contributed by atoms with E-state index in [0.29, 0.717) is 62.0 Å². The molecule has 0 N–H and O–H groups in total. The number of allylic oxidation sites excluding steroid dienone is 2. The highest BCUT2D eigenvalue weighted by molar-refractivity contribution is 6.39. The van der Waals surface area contributed by atoms with Gasteiger partial charge in [-0.3, -0.25) is 24.5 Å². The van der Waals surface area contributed by atoms with Crippen LogP contribution in [0.25, 0.3) is 11.1 Å². The van der Waals surface area contributed by atoms with E-state index < -0.39 is 39.4 Å². The Hall–Kier alpha value is -6.75. The van der Waals surface area contributed by atoms with Crippen LogP contribution in [-0.2, 0) is 25.2 Å². The van der Waals surface area contributed by atoms with E-state index in [-0.39, 0.29) is 30.7 Å². The molecule has 53 heavy (non-hydrogen) atoms. The minimum absolute atomic E-state index is 0.0194. The first-order valence-corrected chi connectivity index (χ1v) is 17.1. The molecule has 0 radical (unpaired) electrons. The van der Waals surface area contributed by atoms with Crippen molar-refractivity contribution in [3.8, 4) is 23.0 Å². The number of nitrogens with zero attached hydrogens (tertiary/aromatic N) is 2. The highest BCUT2D eigenvalue weighted by atomic mass is 16.7. The number of nitro benzene ring substituents is 1. The zero-order valence-corrected chi connectivity index (χ0v) is 28.1. The highest BCUT2D eigenvalue weighted by Crippen LogP contribution is 2.75. The van der Waals surface area contributed by atoms with Crippen molar-refractivity contribution in [1.29, 1.82) is 0 Å². The number of carbonyl (C=O) groups is 3. The van der Waals surface area contributed by atoms with Gasteiger partial charge in [0.2, 0.25) is 25.4 Å². The van der Waals surface area contributed by atoms with Gasteiger partial charge in [0.15, 0.2) is 28.8 Å². The van der Waals surface area contributed by atoms with Crippen LogP contribution in [0.3, 0.4) is 0 Å². The molecular weight excluding hydrogens is 676 g/mol. The molecule has 1 saturated carbocycles. The standard InChI is InChI=1S/C42H28N2O9/c1-23-12-15-28(29(18-23)44(48)49)43-38(45)36-37(39(43)46)42(27-10-6-3-7-11-27)35(25-14-17-31-33(20-25)53-22-51-31)34(24-13-16-30-32(19-24)52-21-50-30)41(36,40(42)47)26-8-4-2-5-9-26/h2-20,36-37H,21-22H2,1H3. The fraction of sp³-hybridized carbons (Fsp3) is 0.167. The predicted molar refractivity (Wildman–Crippen MR) is 190 cm³/mol. The second-order valence-corrected chi connectivity index (χ2v) is 13.8. The van der Waals surface area contributed by atoms with Crippen molar-refractivity contribution in [3.63, 3.8) is 0 Å². The van der Waals surface area contributed by atoms with E-state index in [9.17, 15) is 10.1 Å². The van der Waals surface area contributed by atoms with Crippen LogP contribution in [0.15, 0.2) is 115 Å². The largest absolute Gasteiger partial charge is 0.454 e. The van der Waals surface area contributed by atoms with Gasteiger partial charge in [0, 0.05) is 6.07 Å². The van der Waals surface area contributed by atoms with E-state index in [1.165, 1.54) is 12.1 Å². The van der Waals surface area contributed by atoms with Crippen molar-refractivity contribution >= 4 is 40.1 Å². The zero-order valence-electron chi connectivity index (χ0n) is 28.1. The first kappa shape index (κ1) is 31.0. The number of anilines is 1. The van der Waals surface area contributed by atoms with E-state index in [2.05, 4.69) is 0 Å². The van der Waals surface area contributed by atoms with Crippen LogP contribution in [0, 0.1) is 28.9 Å². The Labute approximate surface area is 302 Å². The van der Waals surface area contributed by atoms with Crippen LogP contribution < -0.4 is 23.8 Å². The molecule has 2 fully saturated rings. The fourth-order valence-electron chi connectivity index (χ4n) is 9.43. The predicted octanol–water partition coefficient (Wildman–Crippen LogP) is 6.55. The van der Waals surface area contributed by atoms with Gasteiger partial charge in [0.05, 0.1) is 27.6 Å². The number of nitro groups is 1. The lowest BCUT2D eigenvalue weighted by Crippen LogP contribution is -2.45. The maximum Gasteiger partial charge on any atom is 0.293 e. The third-order valence-electron chi connectivity index (χ3n) is 11.3. The molecule has 260 valence electrons. The number of Topliss-reactive ketones (excluding diaryl/α,β-unsaturated/α-hetero) is 1. The summed E-state index contributed by atoms with van der Waals surface area (Å²) in [5.74, 6) is -2.27. The maximum absolute atomic E-state index is 16.2. The molecule has 2 amide bonds. The molecule has 11 nitrogen and oxygen atoms in total. The number of hydrogen-bond acceptors (Lipinski definition) is 9. The molecule has 3 heterocycles. The van der Waals surface area contributed by atoms with Crippen molar-refractivity contribution < 1.29 is 38.3 Å². The SMILES string of the molecule is Cc1ccc(N2C(=O)C3C(C2=O)C2(c4ccccc4)C(=O)C3(c3ccccc3)C(c3ccc4c(c3)OCO4)=C2c2ccc3c(c2)OCO3)c([N+](=O)[O-])c1. The molecule has 11 heteroatoms. The smallest absolute Gasteiger partial charge is 0.293 e. The lowest BCUT2D eigenvalue weighted by Gasteiger charge is -2.39. The normalized spacial score (nSPS) is 24.7. The van der Waals surface area contributed by atoms with E-state index in [1.807, 2.05) is 24.3 Å². The molecule has 0 spiro atoms.